The van der Waals surface area contributed by atoms with Crippen LogP contribution in [0.4, 0.5) is 4.39 Å². The molecule has 0 aromatic heterocycles. The lowest BCUT2D eigenvalue weighted by Crippen LogP contribution is -2.47. The van der Waals surface area contributed by atoms with E-state index >= 15 is 0 Å². The maximum Gasteiger partial charge on any atom is 0.191 e. The summed E-state index contributed by atoms with van der Waals surface area (Å²) < 4.78 is 13.5. The van der Waals surface area contributed by atoms with Crippen molar-refractivity contribution in [1.29, 1.82) is 0 Å². The molecule has 22 heavy (non-hydrogen) atoms. The number of halogens is 1. The molecular weight excluding hydrogens is 279 g/mol. The summed E-state index contributed by atoms with van der Waals surface area (Å²) in [6.07, 6.45) is 0. The van der Waals surface area contributed by atoms with E-state index in [9.17, 15) is 4.39 Å². The molecule has 0 aliphatic carbocycles. The number of likely N-dealkylation sites (N-methyl/N-ethyl adjacent to an activating group) is 1. The van der Waals surface area contributed by atoms with Gasteiger partial charge in [0.2, 0.25) is 0 Å². The summed E-state index contributed by atoms with van der Waals surface area (Å²) in [4.78, 5) is 6.71. The third-order valence-corrected chi connectivity index (χ3v) is 3.12. The molecule has 0 spiro atoms. The van der Waals surface area contributed by atoms with Gasteiger partial charge >= 0.3 is 0 Å². The molecule has 2 N–H and O–H groups in total. The second-order valence-electron chi connectivity index (χ2n) is 6.63. The Labute approximate surface area is 133 Å². The fraction of sp³-hybridized carbons (Fsp3) is 0.588. The zero-order valence-corrected chi connectivity index (χ0v) is 14.6. The first-order valence-electron chi connectivity index (χ1n) is 7.71. The van der Waals surface area contributed by atoms with E-state index in [1.807, 2.05) is 27.1 Å². The molecule has 1 atom stereocenters. The van der Waals surface area contributed by atoms with Gasteiger partial charge in [0.1, 0.15) is 5.82 Å². The molecule has 4 nitrogen and oxygen atoms in total. The largest absolute Gasteiger partial charge is 0.357 e. The van der Waals surface area contributed by atoms with E-state index in [0.29, 0.717) is 6.54 Å². The summed E-state index contributed by atoms with van der Waals surface area (Å²) >= 11 is 0. The first kappa shape index (κ1) is 18.4. The predicted molar refractivity (Wildman–Crippen MR) is 91.7 cm³/mol. The van der Waals surface area contributed by atoms with E-state index in [-0.39, 0.29) is 17.4 Å². The number of rotatable bonds is 5. The Morgan fingerprint density at radius 2 is 2.00 bits per heavy atom. The lowest BCUT2D eigenvalue weighted by atomic mass is 10.1. The summed E-state index contributed by atoms with van der Waals surface area (Å²) in [7, 11) is 3.96. The summed E-state index contributed by atoms with van der Waals surface area (Å²) in [5.74, 6) is 0.561. The van der Waals surface area contributed by atoms with Crippen LogP contribution in [0.3, 0.4) is 0 Å². The predicted octanol–water partition coefficient (Wildman–Crippen LogP) is 2.78. The van der Waals surface area contributed by atoms with Gasteiger partial charge in [0.15, 0.2) is 5.96 Å². The average Bonchev–Trinajstić information content (AvgIpc) is 2.37. The molecule has 0 saturated heterocycles. The molecule has 0 radical (unpaired) electrons. The molecule has 0 aliphatic rings. The van der Waals surface area contributed by atoms with Gasteiger partial charge in [-0.3, -0.25) is 4.99 Å². The quantitative estimate of drug-likeness (QED) is 0.649. The van der Waals surface area contributed by atoms with Gasteiger partial charge < -0.3 is 15.5 Å². The Balaban J connectivity index is 2.91. The summed E-state index contributed by atoms with van der Waals surface area (Å²) in [6, 6.07) is 6.75. The molecule has 1 unspecified atom stereocenters. The van der Waals surface area contributed by atoms with Crippen LogP contribution in [0.25, 0.3) is 0 Å². The Kier molecular flexibility index (Phi) is 6.81. The van der Waals surface area contributed by atoms with Crippen molar-refractivity contribution in [1.82, 2.24) is 15.5 Å². The Bertz CT molecular complexity index is 492. The van der Waals surface area contributed by atoms with Crippen LogP contribution in [0.5, 0.6) is 0 Å². The molecule has 1 rings (SSSR count). The second kappa shape index (κ2) is 8.13. The monoisotopic (exact) mass is 308 g/mol. The molecule has 0 saturated carbocycles. The smallest absolute Gasteiger partial charge is 0.191 e. The van der Waals surface area contributed by atoms with Crippen molar-refractivity contribution >= 4 is 5.96 Å². The van der Waals surface area contributed by atoms with Crippen molar-refractivity contribution in [3.05, 3.63) is 35.6 Å². The van der Waals surface area contributed by atoms with E-state index in [1.165, 1.54) is 6.07 Å². The number of aliphatic imine (C=N–C) groups is 1. The molecule has 0 bridgehead atoms. The van der Waals surface area contributed by atoms with Crippen molar-refractivity contribution in [2.24, 2.45) is 4.99 Å². The lowest BCUT2D eigenvalue weighted by molar-refractivity contribution is 0.305. The zero-order valence-electron chi connectivity index (χ0n) is 14.6. The minimum atomic E-state index is -0.215. The second-order valence-corrected chi connectivity index (χ2v) is 6.63. The number of benzene rings is 1. The highest BCUT2D eigenvalue weighted by Crippen LogP contribution is 2.19. The van der Waals surface area contributed by atoms with Crippen molar-refractivity contribution in [2.75, 3.05) is 27.2 Å². The molecule has 0 heterocycles. The molecule has 1 aromatic rings. The van der Waals surface area contributed by atoms with Gasteiger partial charge in [0, 0.05) is 12.1 Å². The van der Waals surface area contributed by atoms with Crippen LogP contribution in [0.2, 0.25) is 0 Å². The highest BCUT2D eigenvalue weighted by Gasteiger charge is 2.16. The van der Waals surface area contributed by atoms with Crippen LogP contribution in [0.1, 0.15) is 39.3 Å². The van der Waals surface area contributed by atoms with Crippen LogP contribution < -0.4 is 10.6 Å². The molecule has 124 valence electrons. The van der Waals surface area contributed by atoms with Gasteiger partial charge in [-0.2, -0.15) is 0 Å². The van der Waals surface area contributed by atoms with Gasteiger partial charge in [-0.15, -0.1) is 0 Å². The number of guanidine groups is 1. The average molecular weight is 308 g/mol. The molecule has 0 amide bonds. The van der Waals surface area contributed by atoms with Crippen LogP contribution in [0.15, 0.2) is 29.3 Å². The third-order valence-electron chi connectivity index (χ3n) is 3.12. The third kappa shape index (κ3) is 6.43. The maximum absolute atomic E-state index is 13.5. The van der Waals surface area contributed by atoms with Crippen molar-refractivity contribution < 1.29 is 4.39 Å². The molecule has 5 heteroatoms. The highest BCUT2D eigenvalue weighted by atomic mass is 19.1. The Morgan fingerprint density at radius 3 is 2.50 bits per heavy atom. The van der Waals surface area contributed by atoms with Gasteiger partial charge in [-0.25, -0.2) is 4.39 Å². The maximum atomic E-state index is 13.5. The summed E-state index contributed by atoms with van der Waals surface area (Å²) in [5, 5.41) is 6.60. The van der Waals surface area contributed by atoms with Crippen LogP contribution in [-0.4, -0.2) is 43.6 Å². The standard InChI is InChI=1S/C17H29FN4/c1-7-19-16(21-17(2,3)4)20-12-15(22(5)6)13-9-8-10-14(18)11-13/h8-11,15H,7,12H2,1-6H3,(H2,19,20,21). The van der Waals surface area contributed by atoms with Gasteiger partial charge in [0.25, 0.3) is 0 Å². The molecule has 0 fully saturated rings. The summed E-state index contributed by atoms with van der Waals surface area (Å²) in [6.45, 7) is 9.67. The number of nitrogens with one attached hydrogen (secondary N) is 2. The first-order chi connectivity index (χ1) is 10.2. The molecule has 1 aromatic carbocycles. The van der Waals surface area contributed by atoms with Crippen LogP contribution in [0, 0.1) is 5.82 Å². The van der Waals surface area contributed by atoms with Crippen LogP contribution >= 0.6 is 0 Å². The fourth-order valence-electron chi connectivity index (χ4n) is 2.12. The number of nitrogens with zero attached hydrogens (tertiary/aromatic N) is 2. The fourth-order valence-corrected chi connectivity index (χ4v) is 2.12. The topological polar surface area (TPSA) is 39.7 Å². The van der Waals surface area contributed by atoms with E-state index < -0.39 is 0 Å². The van der Waals surface area contributed by atoms with Crippen LogP contribution in [-0.2, 0) is 0 Å². The number of hydrogen-bond acceptors (Lipinski definition) is 2. The summed E-state index contributed by atoms with van der Waals surface area (Å²) in [5.41, 5.74) is 0.869. The minimum absolute atomic E-state index is 0.0334. The van der Waals surface area contributed by atoms with Gasteiger partial charge in [-0.05, 0) is 59.5 Å². The zero-order chi connectivity index (χ0) is 16.8. The van der Waals surface area contributed by atoms with Crippen molar-refractivity contribution in [2.45, 2.75) is 39.3 Å². The van der Waals surface area contributed by atoms with E-state index in [2.05, 4.69) is 41.3 Å². The Hall–Kier alpha value is -1.62. The SMILES string of the molecule is CCNC(=NCC(c1cccc(F)c1)N(C)C)NC(C)(C)C. The van der Waals surface area contributed by atoms with E-state index in [0.717, 1.165) is 18.1 Å². The van der Waals surface area contributed by atoms with E-state index in [1.54, 1.807) is 12.1 Å². The van der Waals surface area contributed by atoms with Gasteiger partial charge in [-0.1, -0.05) is 12.1 Å². The normalized spacial score (nSPS) is 14.1. The van der Waals surface area contributed by atoms with Crippen molar-refractivity contribution in [3.8, 4) is 0 Å². The Morgan fingerprint density at radius 1 is 1.32 bits per heavy atom. The van der Waals surface area contributed by atoms with E-state index in [4.69, 9.17) is 0 Å². The molecule has 0 aliphatic heterocycles. The van der Waals surface area contributed by atoms with Gasteiger partial charge in [0.05, 0.1) is 12.6 Å². The van der Waals surface area contributed by atoms with Crippen molar-refractivity contribution in [3.63, 3.8) is 0 Å². The number of hydrogen-bond donors (Lipinski definition) is 2. The lowest BCUT2D eigenvalue weighted by Gasteiger charge is -2.26. The highest BCUT2D eigenvalue weighted by molar-refractivity contribution is 5.80. The minimum Gasteiger partial charge on any atom is -0.357 e. The first-order valence-corrected chi connectivity index (χ1v) is 7.71. The molecular formula is C17H29FN4.